The molecule has 0 heterocycles. The minimum absolute atomic E-state index is 0.0175. The van der Waals surface area contributed by atoms with E-state index in [9.17, 15) is 0 Å². The molecule has 5 aromatic carbocycles. The lowest BCUT2D eigenvalue weighted by atomic mass is 9.86. The molecule has 1 aliphatic rings. The van der Waals surface area contributed by atoms with Gasteiger partial charge in [-0.1, -0.05) is 118 Å². The van der Waals surface area contributed by atoms with Gasteiger partial charge in [-0.2, -0.15) is 0 Å². The van der Waals surface area contributed by atoms with Crippen LogP contribution in [0.15, 0.2) is 96.8 Å². The zero-order valence-electron chi connectivity index (χ0n) is 32.4. The second-order valence-electron chi connectivity index (χ2n) is 14.8. The van der Waals surface area contributed by atoms with Gasteiger partial charge in [-0.25, -0.2) is 0 Å². The Morgan fingerprint density at radius 3 is 1.57 bits per heavy atom. The molecule has 0 fully saturated rings. The number of methoxy groups -OCH3 is 2. The van der Waals surface area contributed by atoms with Crippen molar-refractivity contribution in [3.05, 3.63) is 152 Å². The van der Waals surface area contributed by atoms with Crippen molar-refractivity contribution >= 4 is 42.4 Å². The van der Waals surface area contributed by atoms with Gasteiger partial charge in [0.25, 0.3) is 0 Å². The summed E-state index contributed by atoms with van der Waals surface area (Å²) in [6.45, 7) is 20.3. The van der Waals surface area contributed by atoms with Gasteiger partial charge >= 0.3 is 0 Å². The van der Waals surface area contributed by atoms with Gasteiger partial charge < -0.3 is 9.47 Å². The number of hydrogen-bond donors (Lipinski definition) is 0. The smallest absolute Gasteiger partial charge is 0.123 e. The van der Waals surface area contributed by atoms with Gasteiger partial charge in [0, 0.05) is 11.2 Å². The molecule has 0 saturated heterocycles. The predicted molar refractivity (Wildman–Crippen MR) is 224 cm³/mol. The molecule has 1 unspecified atom stereocenters. The van der Waals surface area contributed by atoms with Crippen LogP contribution in [0.25, 0.3) is 0 Å². The van der Waals surface area contributed by atoms with E-state index in [1.807, 2.05) is 14.2 Å². The monoisotopic (exact) mass is 712 g/mol. The molecule has 0 radical (unpaired) electrons. The highest BCUT2D eigenvalue weighted by Gasteiger charge is 2.41. The average molecular weight is 713 g/mol. The number of aryl methyl sites for hydroxylation is 8. The first-order chi connectivity index (χ1) is 24.4. The summed E-state index contributed by atoms with van der Waals surface area (Å²) in [5.74, 6) is 2.02. The van der Waals surface area contributed by atoms with Crippen molar-refractivity contribution in [2.75, 3.05) is 14.2 Å². The Labute approximate surface area is 309 Å². The molecule has 6 rings (SSSR count). The van der Waals surface area contributed by atoms with E-state index >= 15 is 0 Å². The van der Waals surface area contributed by atoms with Gasteiger partial charge in [-0.15, -0.1) is 0 Å². The van der Waals surface area contributed by atoms with Crippen molar-refractivity contribution in [3.8, 4) is 5.75 Å². The first-order valence-corrected chi connectivity index (χ1v) is 21.0. The van der Waals surface area contributed by atoms with Gasteiger partial charge in [0.2, 0.25) is 0 Å². The minimum atomic E-state index is -0.932. The van der Waals surface area contributed by atoms with Crippen molar-refractivity contribution < 1.29 is 9.47 Å². The summed E-state index contributed by atoms with van der Waals surface area (Å²) in [5.41, 5.74) is 13.5. The number of ether oxygens (including phenoxy) is 2. The van der Waals surface area contributed by atoms with Crippen LogP contribution in [0.1, 0.15) is 74.4 Å². The van der Waals surface area contributed by atoms with Crippen LogP contribution in [-0.4, -0.2) is 19.9 Å². The third kappa shape index (κ3) is 7.75. The summed E-state index contributed by atoms with van der Waals surface area (Å²) < 4.78 is 12.9. The van der Waals surface area contributed by atoms with Gasteiger partial charge in [0.1, 0.15) is 5.75 Å². The summed E-state index contributed by atoms with van der Waals surface area (Å²) in [4.78, 5) is 0. The van der Waals surface area contributed by atoms with Crippen LogP contribution >= 0.6 is 15.8 Å². The molecule has 0 amide bonds. The van der Waals surface area contributed by atoms with E-state index in [4.69, 9.17) is 9.47 Å². The molecule has 51 heavy (non-hydrogen) atoms. The Bertz CT molecular complexity index is 2000. The van der Waals surface area contributed by atoms with Crippen LogP contribution < -0.4 is 31.3 Å². The Morgan fingerprint density at radius 1 is 0.549 bits per heavy atom. The number of rotatable bonds is 9. The van der Waals surface area contributed by atoms with Gasteiger partial charge in [-0.3, -0.25) is 0 Å². The molecule has 0 saturated carbocycles. The second-order valence-corrected chi connectivity index (χ2v) is 19.4. The van der Waals surface area contributed by atoms with E-state index in [2.05, 4.69) is 153 Å². The van der Waals surface area contributed by atoms with Gasteiger partial charge in [0.05, 0.1) is 25.9 Å². The van der Waals surface area contributed by atoms with Gasteiger partial charge in [0.15, 0.2) is 0 Å². The van der Waals surface area contributed by atoms with E-state index in [0.29, 0.717) is 5.66 Å². The molecule has 264 valence electrons. The van der Waals surface area contributed by atoms with Crippen molar-refractivity contribution in [2.45, 2.75) is 86.7 Å². The average Bonchev–Trinajstić information content (AvgIpc) is 3.05. The fraction of sp³-hybridized carbons (Fsp3) is 0.319. The standard InChI is InChI=1S/C47H54O2P2/c1-29-18-30(2)23-38(22-29)50(39-24-31(3)19-32(4)25-39)43-16-12-14-41(48-10)46(43)47-42(49-11)15-13-17-44(47)51(40-26-33(5)20-34(6)27-40)45-28-35(7)21-36(8)37(45)9/h12,14-16,18-28,44,47H,13,17H2,1-11H3/t44-,47+,51?/m1/s1. The van der Waals surface area contributed by atoms with E-state index < -0.39 is 15.8 Å². The minimum Gasteiger partial charge on any atom is -0.501 e. The highest BCUT2D eigenvalue weighted by molar-refractivity contribution is 7.80. The zero-order chi connectivity index (χ0) is 36.6. The number of hydrogen-bond acceptors (Lipinski definition) is 2. The number of allylic oxidation sites excluding steroid dienone is 2. The molecule has 0 N–H and O–H groups in total. The maximum Gasteiger partial charge on any atom is 0.123 e. The van der Waals surface area contributed by atoms with Crippen molar-refractivity contribution in [2.24, 2.45) is 0 Å². The third-order valence-electron chi connectivity index (χ3n) is 10.3. The highest BCUT2D eigenvalue weighted by Crippen LogP contribution is 2.56. The Kier molecular flexibility index (Phi) is 11.3. The lowest BCUT2D eigenvalue weighted by Crippen LogP contribution is -2.35. The lowest BCUT2D eigenvalue weighted by molar-refractivity contribution is 0.250. The van der Waals surface area contributed by atoms with E-state index in [1.54, 1.807) is 0 Å². The maximum absolute atomic E-state index is 6.48. The van der Waals surface area contributed by atoms with Crippen LogP contribution in [0, 0.1) is 62.3 Å². The second kappa shape index (κ2) is 15.5. The Hall–Kier alpha value is -3.70. The molecule has 0 bridgehead atoms. The SMILES string of the molecule is COC1=CCC[C@@H](P(c2cc(C)cc(C)c2)c2cc(C)cc(C)c2C)[C@H]1c1c(OC)cccc1P(c1cc(C)cc(C)c1)c1cc(C)cc(C)c1. The van der Waals surface area contributed by atoms with Crippen LogP contribution in [-0.2, 0) is 4.74 Å². The summed E-state index contributed by atoms with van der Waals surface area (Å²) in [6, 6.07) is 33.0. The van der Waals surface area contributed by atoms with E-state index in [-0.39, 0.29) is 5.92 Å². The molecular formula is C47H54O2P2. The molecular weight excluding hydrogens is 658 g/mol. The quantitative estimate of drug-likeness (QED) is 0.142. The highest BCUT2D eigenvalue weighted by atomic mass is 31.1. The fourth-order valence-electron chi connectivity index (χ4n) is 8.37. The Balaban J connectivity index is 1.69. The summed E-state index contributed by atoms with van der Waals surface area (Å²) >= 11 is 0. The lowest BCUT2D eigenvalue weighted by Gasteiger charge is -2.41. The molecule has 0 aromatic heterocycles. The van der Waals surface area contributed by atoms with E-state index in [0.717, 1.165) is 24.4 Å². The topological polar surface area (TPSA) is 18.5 Å². The molecule has 5 aromatic rings. The predicted octanol–water partition coefficient (Wildman–Crippen LogP) is 10.1. The van der Waals surface area contributed by atoms with Crippen LogP contribution in [0.2, 0.25) is 0 Å². The van der Waals surface area contributed by atoms with E-state index in [1.165, 1.54) is 82.2 Å². The molecule has 0 aliphatic heterocycles. The molecule has 4 heteroatoms. The third-order valence-corrected chi connectivity index (χ3v) is 15.8. The van der Waals surface area contributed by atoms with Crippen molar-refractivity contribution in [1.29, 1.82) is 0 Å². The van der Waals surface area contributed by atoms with Crippen LogP contribution in [0.5, 0.6) is 5.75 Å². The summed E-state index contributed by atoms with van der Waals surface area (Å²) in [5, 5.41) is 7.04. The van der Waals surface area contributed by atoms with Gasteiger partial charge in [-0.05, 0) is 141 Å². The largest absolute Gasteiger partial charge is 0.501 e. The molecule has 0 spiro atoms. The number of benzene rings is 5. The summed E-state index contributed by atoms with van der Waals surface area (Å²) in [7, 11) is 1.98. The molecule has 3 atom stereocenters. The fourth-order valence-corrected chi connectivity index (χ4v) is 14.9. The van der Waals surface area contributed by atoms with Crippen LogP contribution in [0.4, 0.5) is 0 Å². The van der Waals surface area contributed by atoms with Crippen molar-refractivity contribution in [1.82, 2.24) is 0 Å². The zero-order valence-corrected chi connectivity index (χ0v) is 34.2. The van der Waals surface area contributed by atoms with Crippen molar-refractivity contribution in [3.63, 3.8) is 0 Å². The first kappa shape index (κ1) is 37.1. The molecule has 1 aliphatic carbocycles. The summed E-state index contributed by atoms with van der Waals surface area (Å²) in [6.07, 6.45) is 4.42. The molecule has 2 nitrogen and oxygen atoms in total. The Morgan fingerprint density at radius 2 is 1.06 bits per heavy atom. The normalized spacial score (nSPS) is 16.6. The van der Waals surface area contributed by atoms with Crippen LogP contribution in [0.3, 0.4) is 0 Å². The maximum atomic E-state index is 6.48. The first-order valence-electron chi connectivity index (χ1n) is 18.2.